The van der Waals surface area contributed by atoms with E-state index in [0.717, 1.165) is 37.4 Å². The fourth-order valence-corrected chi connectivity index (χ4v) is 8.24. The summed E-state index contributed by atoms with van der Waals surface area (Å²) >= 11 is 7.25. The third-order valence-corrected chi connectivity index (χ3v) is 10.9. The molecule has 45 heavy (non-hydrogen) atoms. The Morgan fingerprint density at radius 3 is 2.36 bits per heavy atom. The summed E-state index contributed by atoms with van der Waals surface area (Å²) in [4.78, 5) is 1.57. The topological polar surface area (TPSA) is 9.37 Å². The van der Waals surface area contributed by atoms with Crippen molar-refractivity contribution in [3.63, 3.8) is 0 Å². The van der Waals surface area contributed by atoms with Crippen LogP contribution in [0.25, 0.3) is 38.5 Å². The minimum absolute atomic E-state index is 0.318. The van der Waals surface area contributed by atoms with Crippen LogP contribution in [0.4, 0.5) is 5.69 Å². The van der Waals surface area contributed by atoms with Crippen LogP contribution < -0.4 is 10.2 Å². The molecule has 7 rings (SSSR count). The number of allylic oxidation sites excluding steroid dienone is 5. The fraction of sp³-hybridized carbons (Fsp3) is 0.333. The van der Waals surface area contributed by atoms with Gasteiger partial charge in [0.25, 0.3) is 0 Å². The molecule has 2 aliphatic rings. The molecule has 1 aromatic heterocycles. The maximum absolute atomic E-state index is 7.25. The Balaban J connectivity index is 1.28. The SMILES string of the molecule is CCCCn1/c(=C/C=C2\CCCC(/C=C/C3c4cccc5c(C)ccc(c45)[NH+]3CCCC)=C2Cl)c2cccc3c(C)ccc1c32. The molecule has 3 heteroatoms. The molecule has 0 spiro atoms. The predicted octanol–water partition coefficient (Wildman–Crippen LogP) is 10.1. The summed E-state index contributed by atoms with van der Waals surface area (Å²) < 4.78 is 2.53. The molecule has 1 aliphatic carbocycles. The third-order valence-electron chi connectivity index (χ3n) is 10.4. The zero-order chi connectivity index (χ0) is 31.1. The monoisotopic (exact) mass is 613 g/mol. The van der Waals surface area contributed by atoms with Gasteiger partial charge in [-0.2, -0.15) is 0 Å². The Bertz CT molecular complexity index is 2050. The minimum atomic E-state index is 0.318. The van der Waals surface area contributed by atoms with Gasteiger partial charge in [-0.25, -0.2) is 0 Å². The van der Waals surface area contributed by atoms with E-state index in [1.54, 1.807) is 4.90 Å². The zero-order valence-corrected chi connectivity index (χ0v) is 28.1. The molecular weight excluding hydrogens is 568 g/mol. The second-order valence-corrected chi connectivity index (χ2v) is 13.6. The first-order chi connectivity index (χ1) is 22.0. The number of benzene rings is 4. The van der Waals surface area contributed by atoms with E-state index in [1.807, 2.05) is 0 Å². The van der Waals surface area contributed by atoms with Crippen molar-refractivity contribution in [2.45, 2.75) is 85.2 Å². The van der Waals surface area contributed by atoms with Gasteiger partial charge in [0, 0.05) is 44.8 Å². The normalized spacial score (nSPS) is 19.9. The highest BCUT2D eigenvalue weighted by Crippen LogP contribution is 2.38. The first kappa shape index (κ1) is 30.1. The first-order valence-electron chi connectivity index (χ1n) is 17.2. The zero-order valence-electron chi connectivity index (χ0n) is 27.3. The highest BCUT2D eigenvalue weighted by atomic mass is 35.5. The van der Waals surface area contributed by atoms with E-state index in [0.29, 0.717) is 6.04 Å². The molecule has 2 atom stereocenters. The quantitative estimate of drug-likeness (QED) is 0.169. The van der Waals surface area contributed by atoms with Crippen LogP contribution in [-0.4, -0.2) is 11.1 Å². The van der Waals surface area contributed by atoms with Crippen molar-refractivity contribution in [1.82, 2.24) is 4.57 Å². The van der Waals surface area contributed by atoms with Gasteiger partial charge >= 0.3 is 0 Å². The van der Waals surface area contributed by atoms with Gasteiger partial charge < -0.3 is 4.57 Å². The number of halogens is 1. The minimum Gasteiger partial charge on any atom is -0.340 e. The highest BCUT2D eigenvalue weighted by molar-refractivity contribution is 6.32. The van der Waals surface area contributed by atoms with Crippen molar-refractivity contribution in [3.8, 4) is 0 Å². The van der Waals surface area contributed by atoms with Gasteiger partial charge in [0.15, 0.2) is 0 Å². The molecule has 5 aromatic rings. The van der Waals surface area contributed by atoms with Crippen molar-refractivity contribution >= 4 is 55.8 Å². The number of aromatic nitrogens is 1. The molecule has 230 valence electrons. The molecular formula is C42H46ClN2+. The number of unbranched alkanes of at least 4 members (excludes halogenated alkanes) is 2. The van der Waals surface area contributed by atoms with Crippen LogP contribution in [-0.2, 0) is 6.54 Å². The lowest BCUT2D eigenvalue weighted by Gasteiger charge is -2.21. The van der Waals surface area contributed by atoms with E-state index in [4.69, 9.17) is 11.6 Å². The molecule has 0 amide bonds. The summed E-state index contributed by atoms with van der Waals surface area (Å²) in [7, 11) is 0. The summed E-state index contributed by atoms with van der Waals surface area (Å²) in [5.74, 6) is 0. The van der Waals surface area contributed by atoms with Gasteiger partial charge in [-0.05, 0) is 97.2 Å². The van der Waals surface area contributed by atoms with E-state index in [-0.39, 0.29) is 0 Å². The number of nitrogens with one attached hydrogen (secondary N) is 1. The fourth-order valence-electron chi connectivity index (χ4n) is 7.92. The molecule has 2 heterocycles. The van der Waals surface area contributed by atoms with E-state index >= 15 is 0 Å². The highest BCUT2D eigenvalue weighted by Gasteiger charge is 2.35. The maximum atomic E-state index is 7.25. The number of rotatable bonds is 9. The van der Waals surface area contributed by atoms with Crippen molar-refractivity contribution in [2.75, 3.05) is 6.54 Å². The van der Waals surface area contributed by atoms with Crippen LogP contribution in [0.5, 0.6) is 0 Å². The van der Waals surface area contributed by atoms with Crippen molar-refractivity contribution in [1.29, 1.82) is 0 Å². The van der Waals surface area contributed by atoms with Gasteiger partial charge in [0.05, 0.1) is 11.9 Å². The van der Waals surface area contributed by atoms with Crippen LogP contribution in [0.2, 0.25) is 0 Å². The van der Waals surface area contributed by atoms with E-state index in [1.165, 1.54) is 97.0 Å². The van der Waals surface area contributed by atoms with E-state index < -0.39 is 0 Å². The molecule has 0 saturated carbocycles. The Kier molecular flexibility index (Phi) is 8.46. The lowest BCUT2D eigenvalue weighted by molar-refractivity contribution is -0.854. The Morgan fingerprint density at radius 2 is 1.56 bits per heavy atom. The second-order valence-electron chi connectivity index (χ2n) is 13.2. The predicted molar refractivity (Wildman–Crippen MR) is 195 cm³/mol. The number of hydrogen-bond donors (Lipinski definition) is 1. The average molecular weight is 614 g/mol. The Morgan fingerprint density at radius 1 is 0.822 bits per heavy atom. The van der Waals surface area contributed by atoms with Crippen LogP contribution in [0.1, 0.15) is 81.5 Å². The molecule has 2 unspecified atom stereocenters. The van der Waals surface area contributed by atoms with Crippen molar-refractivity contribution < 1.29 is 4.90 Å². The molecule has 0 radical (unpaired) electrons. The van der Waals surface area contributed by atoms with Crippen LogP contribution in [0.3, 0.4) is 0 Å². The molecule has 0 fully saturated rings. The summed E-state index contributed by atoms with van der Waals surface area (Å²) in [6.07, 6.45) is 17.4. The molecule has 0 saturated heterocycles. The number of nitrogens with zero attached hydrogens (tertiary/aromatic N) is 1. The van der Waals surface area contributed by atoms with Gasteiger partial charge in [-0.3, -0.25) is 4.90 Å². The average Bonchev–Trinajstić information content (AvgIpc) is 3.53. The summed E-state index contributed by atoms with van der Waals surface area (Å²) in [5.41, 5.74) is 9.49. The van der Waals surface area contributed by atoms with Crippen molar-refractivity contribution in [2.24, 2.45) is 0 Å². The number of quaternary nitrogens is 1. The summed E-state index contributed by atoms with van der Waals surface area (Å²) in [6, 6.07) is 23.2. The van der Waals surface area contributed by atoms with E-state index in [2.05, 4.69) is 117 Å². The molecule has 0 bridgehead atoms. The Hall–Kier alpha value is -3.59. The number of aryl methyl sites for hydroxylation is 3. The van der Waals surface area contributed by atoms with Gasteiger partial charge in [-0.1, -0.05) is 99.0 Å². The van der Waals surface area contributed by atoms with Crippen LogP contribution in [0, 0.1) is 13.8 Å². The van der Waals surface area contributed by atoms with Crippen LogP contribution in [0.15, 0.2) is 95.1 Å². The third kappa shape index (κ3) is 5.27. The first-order valence-corrected chi connectivity index (χ1v) is 17.6. The lowest BCUT2D eigenvalue weighted by atomic mass is 9.93. The largest absolute Gasteiger partial charge is 0.340 e. The van der Waals surface area contributed by atoms with Gasteiger partial charge in [0.2, 0.25) is 0 Å². The summed E-state index contributed by atoms with van der Waals surface area (Å²) in [6.45, 7) is 11.2. The molecule has 2 nitrogen and oxygen atoms in total. The number of hydrogen-bond acceptors (Lipinski definition) is 0. The van der Waals surface area contributed by atoms with Crippen molar-refractivity contribution in [3.05, 3.63) is 117 Å². The van der Waals surface area contributed by atoms with Gasteiger partial charge in [-0.15, -0.1) is 0 Å². The second kappa shape index (κ2) is 12.7. The molecule has 1 N–H and O–H groups in total. The van der Waals surface area contributed by atoms with Gasteiger partial charge in [0.1, 0.15) is 11.7 Å². The summed E-state index contributed by atoms with van der Waals surface area (Å²) in [5, 5.41) is 9.21. The standard InChI is InChI=1S/C42H45ClN2/c1-5-7-26-44-36(34-16-10-14-32-28(3)18-22-38(44)40(32)34)24-20-30-12-9-13-31(42(30)43)21-25-37-35-17-11-15-33-29(4)19-23-39(41(33)35)45(37)27-8-6-2/h10-11,14-25,36H,5-9,12-13,26-27H2,1-4H3/p+1/b24-20+,31-21+,37-25+. The molecule has 4 aromatic carbocycles. The smallest absolute Gasteiger partial charge is 0.140 e. The molecule has 1 aliphatic heterocycles. The van der Waals surface area contributed by atoms with Crippen LogP contribution >= 0.6 is 11.6 Å². The lowest BCUT2D eigenvalue weighted by Crippen LogP contribution is -3.06. The van der Waals surface area contributed by atoms with E-state index in [9.17, 15) is 0 Å². The maximum Gasteiger partial charge on any atom is 0.140 e. The Labute approximate surface area is 273 Å².